The van der Waals surface area contributed by atoms with Gasteiger partial charge in [0.1, 0.15) is 0 Å². The standard InChI is InChI=1S/C8H20N2O3SSi/c1-9-8(14)10-6-5-7-15(11-2,12-3)13-4/h5-7H2,1-4H3,(H2,9,10,14). The second kappa shape index (κ2) is 8.00. The van der Waals surface area contributed by atoms with Crippen LogP contribution in [0.5, 0.6) is 0 Å². The maximum atomic E-state index is 5.29. The van der Waals surface area contributed by atoms with Crippen molar-refractivity contribution in [2.45, 2.75) is 12.5 Å². The summed E-state index contributed by atoms with van der Waals surface area (Å²) in [6.45, 7) is 0.782. The van der Waals surface area contributed by atoms with E-state index in [4.69, 9.17) is 25.5 Å². The molecule has 0 saturated carbocycles. The first-order valence-electron chi connectivity index (χ1n) is 4.75. The fraction of sp³-hybridized carbons (Fsp3) is 0.875. The molecule has 90 valence electrons. The minimum Gasteiger partial charge on any atom is -0.377 e. The van der Waals surface area contributed by atoms with Crippen molar-refractivity contribution in [2.24, 2.45) is 0 Å². The zero-order valence-electron chi connectivity index (χ0n) is 9.75. The molecule has 0 radical (unpaired) electrons. The van der Waals surface area contributed by atoms with Crippen LogP contribution in [0.15, 0.2) is 0 Å². The summed E-state index contributed by atoms with van der Waals surface area (Å²) >= 11 is 4.94. The topological polar surface area (TPSA) is 51.8 Å². The highest BCUT2D eigenvalue weighted by Gasteiger charge is 2.36. The lowest BCUT2D eigenvalue weighted by molar-refractivity contribution is 0.123. The molecule has 0 amide bonds. The predicted octanol–water partition coefficient (Wildman–Crippen LogP) is 0.348. The molecular weight excluding hydrogens is 232 g/mol. The molecule has 0 rings (SSSR count). The molecule has 0 aromatic rings. The van der Waals surface area contributed by atoms with Crippen molar-refractivity contribution in [3.05, 3.63) is 0 Å². The Morgan fingerprint density at radius 3 is 2.13 bits per heavy atom. The molecule has 0 aliphatic rings. The summed E-state index contributed by atoms with van der Waals surface area (Å²) < 4.78 is 15.9. The Kier molecular flexibility index (Phi) is 7.89. The molecule has 0 aromatic carbocycles. The van der Waals surface area contributed by atoms with E-state index in [0.29, 0.717) is 5.11 Å². The molecule has 0 saturated heterocycles. The summed E-state index contributed by atoms with van der Waals surface area (Å²) in [4.78, 5) is 0. The molecule has 0 spiro atoms. The Labute approximate surface area is 97.8 Å². The lowest BCUT2D eigenvalue weighted by Crippen LogP contribution is -2.43. The van der Waals surface area contributed by atoms with Gasteiger partial charge in [-0.1, -0.05) is 0 Å². The summed E-state index contributed by atoms with van der Waals surface area (Å²) in [6, 6.07) is 0.774. The average Bonchev–Trinajstić information content (AvgIpc) is 2.30. The molecule has 2 N–H and O–H groups in total. The third-order valence-electron chi connectivity index (χ3n) is 2.11. The third-order valence-corrected chi connectivity index (χ3v) is 5.29. The van der Waals surface area contributed by atoms with Crippen LogP contribution in [-0.2, 0) is 13.3 Å². The molecule has 0 heterocycles. The Balaban J connectivity index is 3.76. The zero-order chi connectivity index (χ0) is 11.7. The van der Waals surface area contributed by atoms with Crippen LogP contribution in [0.2, 0.25) is 6.04 Å². The van der Waals surface area contributed by atoms with E-state index >= 15 is 0 Å². The number of nitrogens with one attached hydrogen (secondary N) is 2. The summed E-state index contributed by atoms with van der Waals surface area (Å²) in [7, 11) is 4.23. The smallest absolute Gasteiger partial charge is 0.377 e. The maximum absolute atomic E-state index is 5.29. The van der Waals surface area contributed by atoms with Gasteiger partial charge in [-0.2, -0.15) is 0 Å². The minimum atomic E-state index is -2.40. The molecule has 7 heteroatoms. The van der Waals surface area contributed by atoms with Crippen molar-refractivity contribution in [3.63, 3.8) is 0 Å². The van der Waals surface area contributed by atoms with Gasteiger partial charge in [0.25, 0.3) is 0 Å². The lowest BCUT2D eigenvalue weighted by atomic mass is 10.5. The second-order valence-corrected chi connectivity index (χ2v) is 6.40. The highest BCUT2D eigenvalue weighted by molar-refractivity contribution is 7.80. The summed E-state index contributed by atoms with van der Waals surface area (Å²) in [5, 5.41) is 6.54. The molecule has 5 nitrogen and oxygen atoms in total. The molecule has 0 unspecified atom stereocenters. The van der Waals surface area contributed by atoms with Crippen molar-refractivity contribution in [1.82, 2.24) is 10.6 Å². The van der Waals surface area contributed by atoms with Crippen LogP contribution >= 0.6 is 12.2 Å². The average molecular weight is 252 g/mol. The molecule has 0 bridgehead atoms. The van der Waals surface area contributed by atoms with Gasteiger partial charge < -0.3 is 23.9 Å². The van der Waals surface area contributed by atoms with Crippen LogP contribution in [0, 0.1) is 0 Å². The van der Waals surface area contributed by atoms with E-state index in [1.54, 1.807) is 28.4 Å². The van der Waals surface area contributed by atoms with E-state index in [1.807, 2.05) is 0 Å². The van der Waals surface area contributed by atoms with Gasteiger partial charge in [-0.3, -0.25) is 0 Å². The van der Waals surface area contributed by atoms with Gasteiger partial charge in [0.2, 0.25) is 0 Å². The van der Waals surface area contributed by atoms with Crippen LogP contribution in [0.25, 0.3) is 0 Å². The number of rotatable bonds is 7. The number of hydrogen-bond donors (Lipinski definition) is 2. The quantitative estimate of drug-likeness (QED) is 0.387. The Bertz CT molecular complexity index is 182. The maximum Gasteiger partial charge on any atom is 0.500 e. The summed E-state index contributed by atoms with van der Waals surface area (Å²) in [6.07, 6.45) is 0.892. The largest absolute Gasteiger partial charge is 0.500 e. The van der Waals surface area contributed by atoms with Crippen LogP contribution < -0.4 is 10.6 Å². The van der Waals surface area contributed by atoms with Crippen molar-refractivity contribution >= 4 is 26.1 Å². The molecule has 0 aromatic heterocycles. The SMILES string of the molecule is CNC(=S)NCCC[Si](OC)(OC)OC. The summed E-state index contributed by atoms with van der Waals surface area (Å²) in [5.41, 5.74) is 0. The lowest BCUT2D eigenvalue weighted by Gasteiger charge is -2.24. The predicted molar refractivity (Wildman–Crippen MR) is 65.9 cm³/mol. The van der Waals surface area contributed by atoms with Crippen molar-refractivity contribution in [2.75, 3.05) is 34.9 Å². The van der Waals surface area contributed by atoms with Crippen molar-refractivity contribution < 1.29 is 13.3 Å². The van der Waals surface area contributed by atoms with Gasteiger partial charge in [0.15, 0.2) is 5.11 Å². The first-order chi connectivity index (χ1) is 7.14. The highest BCUT2D eigenvalue weighted by atomic mass is 32.1. The van der Waals surface area contributed by atoms with E-state index in [2.05, 4.69) is 10.6 Å². The van der Waals surface area contributed by atoms with Gasteiger partial charge in [0, 0.05) is 41.0 Å². The van der Waals surface area contributed by atoms with Gasteiger partial charge in [0.05, 0.1) is 0 Å². The van der Waals surface area contributed by atoms with Crippen molar-refractivity contribution in [3.8, 4) is 0 Å². The molecule has 0 fully saturated rings. The first kappa shape index (κ1) is 14.8. The summed E-state index contributed by atoms with van der Waals surface area (Å²) in [5.74, 6) is 0. The van der Waals surface area contributed by atoms with E-state index in [0.717, 1.165) is 19.0 Å². The molecule has 0 atom stereocenters. The normalized spacial score (nSPS) is 11.2. The van der Waals surface area contributed by atoms with E-state index in [9.17, 15) is 0 Å². The Hall–Kier alpha value is -0.213. The zero-order valence-corrected chi connectivity index (χ0v) is 11.6. The molecular formula is C8H20N2O3SSi. The Morgan fingerprint density at radius 2 is 1.73 bits per heavy atom. The van der Waals surface area contributed by atoms with E-state index in [-0.39, 0.29) is 0 Å². The van der Waals surface area contributed by atoms with Crippen LogP contribution in [0.4, 0.5) is 0 Å². The van der Waals surface area contributed by atoms with Gasteiger partial charge >= 0.3 is 8.80 Å². The highest BCUT2D eigenvalue weighted by Crippen LogP contribution is 2.14. The molecule has 15 heavy (non-hydrogen) atoms. The van der Waals surface area contributed by atoms with E-state index in [1.165, 1.54) is 0 Å². The van der Waals surface area contributed by atoms with Crippen LogP contribution in [0.3, 0.4) is 0 Å². The van der Waals surface area contributed by atoms with Crippen molar-refractivity contribution in [1.29, 1.82) is 0 Å². The van der Waals surface area contributed by atoms with Gasteiger partial charge in [-0.15, -0.1) is 0 Å². The van der Waals surface area contributed by atoms with Crippen LogP contribution in [-0.4, -0.2) is 48.8 Å². The van der Waals surface area contributed by atoms with Gasteiger partial charge in [-0.25, -0.2) is 0 Å². The fourth-order valence-electron chi connectivity index (χ4n) is 1.15. The van der Waals surface area contributed by atoms with Crippen LogP contribution in [0.1, 0.15) is 6.42 Å². The number of hydrogen-bond acceptors (Lipinski definition) is 4. The fourth-order valence-corrected chi connectivity index (χ4v) is 2.98. The Morgan fingerprint density at radius 1 is 1.20 bits per heavy atom. The molecule has 0 aliphatic carbocycles. The second-order valence-electron chi connectivity index (χ2n) is 2.90. The number of thiocarbonyl (C=S) groups is 1. The first-order valence-corrected chi connectivity index (χ1v) is 7.09. The molecule has 0 aliphatic heterocycles. The third kappa shape index (κ3) is 5.43. The monoisotopic (exact) mass is 252 g/mol. The minimum absolute atomic E-state index is 0.648. The van der Waals surface area contributed by atoms with E-state index < -0.39 is 8.80 Å². The van der Waals surface area contributed by atoms with Gasteiger partial charge in [-0.05, 0) is 18.6 Å².